The first-order valence-corrected chi connectivity index (χ1v) is 8.08. The van der Waals surface area contributed by atoms with Crippen LogP contribution in [-0.2, 0) is 0 Å². The van der Waals surface area contributed by atoms with Gasteiger partial charge >= 0.3 is 0 Å². The maximum Gasteiger partial charge on any atom is 0.265 e. The predicted molar refractivity (Wildman–Crippen MR) is 78.9 cm³/mol. The fourth-order valence-electron chi connectivity index (χ4n) is 2.57. The fraction of sp³-hybridized carbons (Fsp3) is 0.615. The average Bonchev–Trinajstić information content (AvgIpc) is 2.83. The van der Waals surface area contributed by atoms with Crippen molar-refractivity contribution in [1.29, 1.82) is 0 Å². The summed E-state index contributed by atoms with van der Waals surface area (Å²) in [6, 6.07) is 2.12. The molecule has 0 radical (unpaired) electrons. The van der Waals surface area contributed by atoms with Gasteiger partial charge in [0.05, 0.1) is 0 Å². The van der Waals surface area contributed by atoms with E-state index in [9.17, 15) is 4.79 Å². The summed E-state index contributed by atoms with van der Waals surface area (Å²) in [4.78, 5) is 15.3. The van der Waals surface area contributed by atoms with Gasteiger partial charge in [0.1, 0.15) is 4.88 Å². The van der Waals surface area contributed by atoms with E-state index in [0.29, 0.717) is 6.54 Å². The molecule has 2 N–H and O–H groups in total. The maximum absolute atomic E-state index is 12.5. The van der Waals surface area contributed by atoms with Crippen molar-refractivity contribution < 1.29 is 4.79 Å². The second-order valence-electron chi connectivity index (χ2n) is 4.78. The SMILES string of the molecule is CCC1CCN(C(=O)c2sccc2Br)C(CN)C1. The maximum atomic E-state index is 12.5. The van der Waals surface area contributed by atoms with Gasteiger partial charge in [-0.25, -0.2) is 0 Å². The minimum atomic E-state index is 0.127. The second-order valence-corrected chi connectivity index (χ2v) is 6.55. The van der Waals surface area contributed by atoms with Gasteiger partial charge in [-0.05, 0) is 46.1 Å². The molecule has 2 heterocycles. The highest BCUT2D eigenvalue weighted by Crippen LogP contribution is 2.30. The molecule has 0 aliphatic carbocycles. The molecule has 1 aliphatic heterocycles. The molecule has 0 saturated carbocycles. The number of thiophene rings is 1. The van der Waals surface area contributed by atoms with E-state index < -0.39 is 0 Å². The largest absolute Gasteiger partial charge is 0.334 e. The van der Waals surface area contributed by atoms with Gasteiger partial charge < -0.3 is 10.6 Å². The van der Waals surface area contributed by atoms with Crippen molar-refractivity contribution in [1.82, 2.24) is 4.90 Å². The van der Waals surface area contributed by atoms with Crippen LogP contribution in [0.15, 0.2) is 15.9 Å². The molecule has 2 atom stereocenters. The Morgan fingerprint density at radius 2 is 2.44 bits per heavy atom. The summed E-state index contributed by atoms with van der Waals surface area (Å²) in [5, 5.41) is 1.94. The molecule has 1 aliphatic rings. The number of carbonyl (C=O) groups is 1. The topological polar surface area (TPSA) is 46.3 Å². The highest BCUT2D eigenvalue weighted by Gasteiger charge is 2.31. The molecule has 1 saturated heterocycles. The molecule has 0 bridgehead atoms. The molecule has 3 nitrogen and oxygen atoms in total. The number of hydrogen-bond acceptors (Lipinski definition) is 3. The van der Waals surface area contributed by atoms with Gasteiger partial charge in [-0.1, -0.05) is 13.3 Å². The summed E-state index contributed by atoms with van der Waals surface area (Å²) in [5.41, 5.74) is 5.84. The number of likely N-dealkylation sites (tertiary alicyclic amines) is 1. The Labute approximate surface area is 120 Å². The molecular formula is C13H19BrN2OS. The number of carbonyl (C=O) groups excluding carboxylic acids is 1. The normalized spacial score (nSPS) is 24.3. The zero-order valence-corrected chi connectivity index (χ0v) is 13.0. The molecule has 2 rings (SSSR count). The van der Waals surface area contributed by atoms with Crippen LogP contribution < -0.4 is 5.73 Å². The van der Waals surface area contributed by atoms with Crippen molar-refractivity contribution in [3.8, 4) is 0 Å². The van der Waals surface area contributed by atoms with E-state index in [-0.39, 0.29) is 11.9 Å². The molecule has 2 unspecified atom stereocenters. The van der Waals surface area contributed by atoms with E-state index in [1.54, 1.807) is 0 Å². The van der Waals surface area contributed by atoms with Crippen LogP contribution >= 0.6 is 27.3 Å². The molecular weight excluding hydrogens is 312 g/mol. The Morgan fingerprint density at radius 3 is 3.00 bits per heavy atom. The van der Waals surface area contributed by atoms with Crippen molar-refractivity contribution in [2.24, 2.45) is 11.7 Å². The van der Waals surface area contributed by atoms with Gasteiger partial charge in [0.15, 0.2) is 0 Å². The van der Waals surface area contributed by atoms with Crippen LogP contribution in [0.5, 0.6) is 0 Å². The zero-order chi connectivity index (χ0) is 13.1. The molecule has 1 fully saturated rings. The Balaban J connectivity index is 2.13. The summed E-state index contributed by atoms with van der Waals surface area (Å²) in [6.07, 6.45) is 3.32. The standard InChI is InChI=1S/C13H19BrN2OS/c1-2-9-3-5-16(10(7-9)8-15)13(17)12-11(14)4-6-18-12/h4,6,9-10H,2-3,5,7-8,15H2,1H3. The van der Waals surface area contributed by atoms with E-state index in [4.69, 9.17) is 5.73 Å². The first kappa shape index (κ1) is 14.0. The molecule has 1 aromatic rings. The highest BCUT2D eigenvalue weighted by atomic mass is 79.9. The van der Waals surface area contributed by atoms with Gasteiger partial charge in [0, 0.05) is 23.6 Å². The Morgan fingerprint density at radius 1 is 1.67 bits per heavy atom. The minimum Gasteiger partial charge on any atom is -0.334 e. The predicted octanol–water partition coefficient (Wildman–Crippen LogP) is 3.10. The van der Waals surface area contributed by atoms with Gasteiger partial charge in [-0.3, -0.25) is 4.79 Å². The van der Waals surface area contributed by atoms with Crippen molar-refractivity contribution >= 4 is 33.2 Å². The quantitative estimate of drug-likeness (QED) is 0.925. The van der Waals surface area contributed by atoms with Gasteiger partial charge in [-0.15, -0.1) is 11.3 Å². The third-order valence-corrected chi connectivity index (χ3v) is 5.57. The molecule has 1 amide bonds. The fourth-order valence-corrected chi connectivity index (χ4v) is 4.07. The van der Waals surface area contributed by atoms with Crippen molar-refractivity contribution in [2.45, 2.75) is 32.2 Å². The number of nitrogens with zero attached hydrogens (tertiary/aromatic N) is 1. The Hall–Kier alpha value is -0.390. The van der Waals surface area contributed by atoms with Gasteiger partial charge in [0.2, 0.25) is 0 Å². The van der Waals surface area contributed by atoms with Crippen LogP contribution in [0.3, 0.4) is 0 Å². The summed E-state index contributed by atoms with van der Waals surface area (Å²) in [7, 11) is 0. The lowest BCUT2D eigenvalue weighted by molar-refractivity contribution is 0.0562. The molecule has 0 spiro atoms. The number of nitrogens with two attached hydrogens (primary N) is 1. The monoisotopic (exact) mass is 330 g/mol. The Bertz CT molecular complexity index is 421. The van der Waals surface area contributed by atoms with Gasteiger partial charge in [0.25, 0.3) is 5.91 Å². The van der Waals surface area contributed by atoms with Crippen LogP contribution in [0.1, 0.15) is 35.9 Å². The minimum absolute atomic E-state index is 0.127. The first-order valence-electron chi connectivity index (χ1n) is 6.41. The number of halogens is 1. The number of amides is 1. The third-order valence-electron chi connectivity index (χ3n) is 3.75. The van der Waals surface area contributed by atoms with E-state index >= 15 is 0 Å². The Kier molecular flexibility index (Phi) is 4.81. The lowest BCUT2D eigenvalue weighted by Crippen LogP contribution is -2.49. The van der Waals surface area contributed by atoms with Crippen molar-refractivity contribution in [3.63, 3.8) is 0 Å². The first-order chi connectivity index (χ1) is 8.67. The number of hydrogen-bond donors (Lipinski definition) is 1. The van der Waals surface area contributed by atoms with E-state index in [0.717, 1.165) is 34.7 Å². The molecule has 100 valence electrons. The molecule has 18 heavy (non-hydrogen) atoms. The van der Waals surface area contributed by atoms with Crippen LogP contribution in [0.2, 0.25) is 0 Å². The van der Waals surface area contributed by atoms with Crippen LogP contribution in [0.25, 0.3) is 0 Å². The lowest BCUT2D eigenvalue weighted by Gasteiger charge is -2.38. The summed E-state index contributed by atoms with van der Waals surface area (Å²) >= 11 is 4.92. The van der Waals surface area contributed by atoms with Crippen molar-refractivity contribution in [2.75, 3.05) is 13.1 Å². The zero-order valence-electron chi connectivity index (χ0n) is 10.6. The van der Waals surface area contributed by atoms with E-state index in [1.165, 1.54) is 17.8 Å². The number of piperidine rings is 1. The summed E-state index contributed by atoms with van der Waals surface area (Å²) in [5.74, 6) is 0.844. The van der Waals surface area contributed by atoms with E-state index in [1.807, 2.05) is 16.3 Å². The molecule has 0 aromatic carbocycles. The smallest absolute Gasteiger partial charge is 0.265 e. The second kappa shape index (κ2) is 6.17. The van der Waals surface area contributed by atoms with Crippen LogP contribution in [0.4, 0.5) is 0 Å². The average molecular weight is 331 g/mol. The number of rotatable bonds is 3. The highest BCUT2D eigenvalue weighted by molar-refractivity contribution is 9.10. The third kappa shape index (κ3) is 2.78. The van der Waals surface area contributed by atoms with Gasteiger partial charge in [-0.2, -0.15) is 0 Å². The van der Waals surface area contributed by atoms with E-state index in [2.05, 4.69) is 22.9 Å². The lowest BCUT2D eigenvalue weighted by atomic mass is 9.89. The van der Waals surface area contributed by atoms with Crippen LogP contribution in [0, 0.1) is 5.92 Å². The summed E-state index contributed by atoms with van der Waals surface area (Å²) < 4.78 is 0.894. The molecule has 1 aromatic heterocycles. The summed E-state index contributed by atoms with van der Waals surface area (Å²) in [6.45, 7) is 3.61. The molecule has 5 heteroatoms. The van der Waals surface area contributed by atoms with Crippen LogP contribution in [-0.4, -0.2) is 29.9 Å². The van der Waals surface area contributed by atoms with Crippen molar-refractivity contribution in [3.05, 3.63) is 20.8 Å².